The van der Waals surface area contributed by atoms with Gasteiger partial charge < -0.3 is 10.2 Å². The Bertz CT molecular complexity index is 1710. The number of hydrogen-bond donors (Lipinski definition) is 1. The van der Waals surface area contributed by atoms with Crippen molar-refractivity contribution in [2.45, 2.75) is 64.1 Å². The van der Waals surface area contributed by atoms with Gasteiger partial charge in [0, 0.05) is 24.0 Å². The summed E-state index contributed by atoms with van der Waals surface area (Å²) < 4.78 is 29.4. The van der Waals surface area contributed by atoms with Gasteiger partial charge in [0.1, 0.15) is 12.6 Å². The van der Waals surface area contributed by atoms with Gasteiger partial charge in [-0.3, -0.25) is 13.9 Å². The van der Waals surface area contributed by atoms with Crippen LogP contribution in [-0.4, -0.2) is 43.8 Å². The zero-order valence-electron chi connectivity index (χ0n) is 26.1. The molecule has 0 aliphatic heterocycles. The molecule has 4 rings (SSSR count). The lowest BCUT2D eigenvalue weighted by atomic mass is 10.0. The van der Waals surface area contributed by atoms with Crippen molar-refractivity contribution in [3.63, 3.8) is 0 Å². The predicted octanol–water partition coefficient (Wildman–Crippen LogP) is 6.71. The lowest BCUT2D eigenvalue weighted by molar-refractivity contribution is -0.140. The van der Waals surface area contributed by atoms with Crippen molar-refractivity contribution in [2.75, 3.05) is 10.8 Å². The van der Waals surface area contributed by atoms with Gasteiger partial charge in [-0.05, 0) is 85.8 Å². The third-order valence-electron chi connectivity index (χ3n) is 7.84. The van der Waals surface area contributed by atoms with E-state index in [4.69, 9.17) is 11.6 Å². The van der Waals surface area contributed by atoms with Crippen molar-refractivity contribution < 1.29 is 18.0 Å². The number of nitrogens with one attached hydrogen (secondary N) is 1. The molecule has 1 N–H and O–H groups in total. The second-order valence-corrected chi connectivity index (χ2v) is 13.6. The minimum Gasteiger partial charge on any atom is -0.352 e. The van der Waals surface area contributed by atoms with Gasteiger partial charge in [-0.1, -0.05) is 85.3 Å². The average Bonchev–Trinajstić information content (AvgIpc) is 3.02. The van der Waals surface area contributed by atoms with Crippen LogP contribution in [0, 0.1) is 13.8 Å². The highest BCUT2D eigenvalue weighted by atomic mass is 35.5. The van der Waals surface area contributed by atoms with Crippen LogP contribution in [0.15, 0.2) is 108 Å². The Hall–Kier alpha value is -4.14. The van der Waals surface area contributed by atoms with E-state index in [-0.39, 0.29) is 29.8 Å². The van der Waals surface area contributed by atoms with Crippen molar-refractivity contribution in [2.24, 2.45) is 0 Å². The van der Waals surface area contributed by atoms with E-state index in [9.17, 15) is 18.0 Å². The summed E-state index contributed by atoms with van der Waals surface area (Å²) in [5.74, 6) is -0.796. The summed E-state index contributed by atoms with van der Waals surface area (Å²) in [6.07, 6.45) is 0.977. The minimum atomic E-state index is -4.20. The lowest BCUT2D eigenvalue weighted by Gasteiger charge is -2.34. The Balaban J connectivity index is 1.82. The van der Waals surface area contributed by atoms with E-state index in [1.54, 1.807) is 18.2 Å². The first-order valence-electron chi connectivity index (χ1n) is 15.0. The van der Waals surface area contributed by atoms with E-state index in [0.717, 1.165) is 33.0 Å². The van der Waals surface area contributed by atoms with E-state index in [2.05, 4.69) is 5.32 Å². The molecule has 0 heterocycles. The molecule has 4 aromatic rings. The number of hydrogen-bond acceptors (Lipinski definition) is 4. The number of rotatable bonds is 13. The molecule has 0 saturated heterocycles. The number of carbonyl (C=O) groups excluding carboxylic acids is 2. The molecule has 0 radical (unpaired) electrons. The van der Waals surface area contributed by atoms with Crippen molar-refractivity contribution >= 4 is 39.1 Å². The van der Waals surface area contributed by atoms with E-state index in [1.165, 1.54) is 29.2 Å². The van der Waals surface area contributed by atoms with Gasteiger partial charge in [0.25, 0.3) is 10.0 Å². The highest BCUT2D eigenvalue weighted by Gasteiger charge is 2.35. The normalized spacial score (nSPS) is 12.6. The number of nitrogens with zero attached hydrogens (tertiary/aromatic N) is 2. The molecule has 0 bridgehead atoms. The van der Waals surface area contributed by atoms with Crippen LogP contribution >= 0.6 is 11.6 Å². The van der Waals surface area contributed by atoms with Gasteiger partial charge in [0.2, 0.25) is 11.8 Å². The van der Waals surface area contributed by atoms with Crippen molar-refractivity contribution in [1.29, 1.82) is 0 Å². The number of benzene rings is 4. The summed E-state index contributed by atoms with van der Waals surface area (Å²) in [7, 11) is -4.20. The molecular formula is C36H40ClN3O4S. The molecule has 0 unspecified atom stereocenters. The second-order valence-electron chi connectivity index (χ2n) is 11.3. The van der Waals surface area contributed by atoms with Crippen LogP contribution in [0.3, 0.4) is 0 Å². The maximum Gasteiger partial charge on any atom is 0.264 e. The first-order valence-corrected chi connectivity index (χ1v) is 16.8. The molecule has 0 spiro atoms. The maximum atomic E-state index is 14.6. The second kappa shape index (κ2) is 15.2. The average molecular weight is 646 g/mol. The van der Waals surface area contributed by atoms with Gasteiger partial charge in [-0.25, -0.2) is 8.42 Å². The van der Waals surface area contributed by atoms with Gasteiger partial charge in [-0.15, -0.1) is 0 Å². The smallest absolute Gasteiger partial charge is 0.264 e. The standard InChI is InChI=1S/C36H40ClN3O4S/c1-5-28(4)38-36(42)34(23-29-14-7-6-8-15-29)39(24-30-16-10-9-13-27(30)3)35(41)25-40(32-17-11-12-26(2)22-32)45(43,44)33-20-18-31(37)19-21-33/h6-22,28,34H,5,23-25H2,1-4H3,(H,38,42)/t28-,34+/m1/s1. The molecule has 2 amide bonds. The predicted molar refractivity (Wildman–Crippen MR) is 181 cm³/mol. The Morgan fingerprint density at radius 3 is 2.18 bits per heavy atom. The summed E-state index contributed by atoms with van der Waals surface area (Å²) in [5, 5.41) is 3.46. The van der Waals surface area contributed by atoms with Gasteiger partial charge in [0.05, 0.1) is 10.6 Å². The fraction of sp³-hybridized carbons (Fsp3) is 0.278. The summed E-state index contributed by atoms with van der Waals surface area (Å²) in [6.45, 7) is 7.32. The molecule has 0 aliphatic rings. The highest BCUT2D eigenvalue weighted by Crippen LogP contribution is 2.27. The lowest BCUT2D eigenvalue weighted by Crippen LogP contribution is -2.54. The number of amides is 2. The number of halogens is 1. The summed E-state index contributed by atoms with van der Waals surface area (Å²) in [5.41, 5.74) is 3.89. The number of sulfonamides is 1. The molecule has 7 nitrogen and oxygen atoms in total. The SMILES string of the molecule is CC[C@@H](C)NC(=O)[C@H](Cc1ccccc1)N(Cc1ccccc1C)C(=O)CN(c1cccc(C)c1)S(=O)(=O)c1ccc(Cl)cc1. The van der Waals surface area contributed by atoms with E-state index in [0.29, 0.717) is 10.7 Å². The van der Waals surface area contributed by atoms with Gasteiger partial charge >= 0.3 is 0 Å². The van der Waals surface area contributed by atoms with Crippen LogP contribution in [0.2, 0.25) is 5.02 Å². The third-order valence-corrected chi connectivity index (χ3v) is 9.88. The molecule has 0 fully saturated rings. The van der Waals surface area contributed by atoms with Crippen LogP contribution < -0.4 is 9.62 Å². The fourth-order valence-corrected chi connectivity index (χ4v) is 6.54. The van der Waals surface area contributed by atoms with Crippen LogP contribution in [0.1, 0.15) is 42.5 Å². The minimum absolute atomic E-state index is 0.00186. The first-order chi connectivity index (χ1) is 21.5. The van der Waals surface area contributed by atoms with Gasteiger partial charge in [-0.2, -0.15) is 0 Å². The molecule has 45 heavy (non-hydrogen) atoms. The number of carbonyl (C=O) groups is 2. The van der Waals surface area contributed by atoms with Crippen LogP contribution in [0.4, 0.5) is 5.69 Å². The fourth-order valence-electron chi connectivity index (χ4n) is 5.01. The van der Waals surface area contributed by atoms with Crippen molar-refractivity contribution in [3.8, 4) is 0 Å². The highest BCUT2D eigenvalue weighted by molar-refractivity contribution is 7.92. The summed E-state index contributed by atoms with van der Waals surface area (Å²) in [6, 6.07) is 29.1. The van der Waals surface area contributed by atoms with Crippen LogP contribution in [0.25, 0.3) is 0 Å². The Kier molecular flexibility index (Phi) is 11.4. The quantitative estimate of drug-likeness (QED) is 0.175. The maximum absolute atomic E-state index is 14.6. The molecule has 236 valence electrons. The summed E-state index contributed by atoms with van der Waals surface area (Å²) in [4.78, 5) is 30.0. The van der Waals surface area contributed by atoms with Crippen LogP contribution in [0.5, 0.6) is 0 Å². The Morgan fingerprint density at radius 2 is 1.53 bits per heavy atom. The molecular weight excluding hydrogens is 606 g/mol. The first kappa shape index (κ1) is 33.7. The Morgan fingerprint density at radius 1 is 0.867 bits per heavy atom. The zero-order valence-corrected chi connectivity index (χ0v) is 27.7. The molecule has 2 atom stereocenters. The molecule has 0 aliphatic carbocycles. The number of anilines is 1. The Labute approximate surface area is 271 Å². The topological polar surface area (TPSA) is 86.8 Å². The van der Waals surface area contributed by atoms with E-state index in [1.807, 2.05) is 88.4 Å². The molecule has 4 aromatic carbocycles. The van der Waals surface area contributed by atoms with Crippen LogP contribution in [-0.2, 0) is 32.6 Å². The molecule has 0 aromatic heterocycles. The molecule has 9 heteroatoms. The van der Waals surface area contributed by atoms with E-state index < -0.39 is 28.5 Å². The largest absolute Gasteiger partial charge is 0.352 e. The van der Waals surface area contributed by atoms with Crippen molar-refractivity contribution in [1.82, 2.24) is 10.2 Å². The van der Waals surface area contributed by atoms with Gasteiger partial charge in [0.15, 0.2) is 0 Å². The molecule has 0 saturated carbocycles. The summed E-state index contributed by atoms with van der Waals surface area (Å²) >= 11 is 6.07. The van der Waals surface area contributed by atoms with Crippen molar-refractivity contribution in [3.05, 3.63) is 130 Å². The monoisotopic (exact) mass is 645 g/mol. The van der Waals surface area contributed by atoms with E-state index >= 15 is 0 Å². The number of aryl methyl sites for hydroxylation is 2. The zero-order chi connectivity index (χ0) is 32.6. The third kappa shape index (κ3) is 8.74.